The smallest absolute Gasteiger partial charge is 0.222 e. The van der Waals surface area contributed by atoms with Crippen LogP contribution in [0.5, 0.6) is 17.2 Å². The predicted octanol–water partition coefficient (Wildman–Crippen LogP) is 3.45. The van der Waals surface area contributed by atoms with Gasteiger partial charge in [0.15, 0.2) is 11.6 Å². The van der Waals surface area contributed by atoms with E-state index >= 15 is 0 Å². The molecule has 0 aliphatic heterocycles. The Hall–Kier alpha value is -2.28. The molecule has 0 atom stereocenters. The van der Waals surface area contributed by atoms with Crippen LogP contribution in [0.3, 0.4) is 0 Å². The van der Waals surface area contributed by atoms with E-state index in [2.05, 4.69) is 52.5 Å². The molecule has 0 aliphatic carbocycles. The molecule has 0 aliphatic rings. The van der Waals surface area contributed by atoms with Crippen LogP contribution in [0.15, 0.2) is 18.3 Å². The van der Waals surface area contributed by atoms with Gasteiger partial charge in [0.1, 0.15) is 18.1 Å². The molecular weight excluding hydrogens is 421 g/mol. The minimum atomic E-state index is 0.0970. The van der Waals surface area contributed by atoms with Gasteiger partial charge in [0.05, 0.1) is 22.3 Å². The number of nitrogens with zero attached hydrogens (tertiary/aromatic N) is 3. The van der Waals surface area contributed by atoms with Gasteiger partial charge in [-0.15, -0.1) is 0 Å². The zero-order valence-corrected chi connectivity index (χ0v) is 15.6. The van der Waals surface area contributed by atoms with Gasteiger partial charge in [-0.05, 0) is 40.6 Å². The number of nitriles is 1. The van der Waals surface area contributed by atoms with E-state index in [0.717, 1.165) is 14.9 Å². The summed E-state index contributed by atoms with van der Waals surface area (Å²) in [5.41, 5.74) is 12.3. The fourth-order valence-corrected chi connectivity index (χ4v) is 2.60. The van der Waals surface area contributed by atoms with Gasteiger partial charge in [-0.3, -0.25) is 0 Å². The number of rotatable bonds is 6. The molecule has 0 radical (unpaired) electrons. The molecule has 24 heavy (non-hydrogen) atoms. The van der Waals surface area contributed by atoms with Crippen molar-refractivity contribution < 1.29 is 9.47 Å². The number of anilines is 2. The first-order valence-electron chi connectivity index (χ1n) is 7.31. The summed E-state index contributed by atoms with van der Waals surface area (Å²) in [5, 5.41) is 8.63. The van der Waals surface area contributed by atoms with Crippen LogP contribution < -0.4 is 20.9 Å². The van der Waals surface area contributed by atoms with Crippen molar-refractivity contribution in [2.24, 2.45) is 0 Å². The number of hydrogen-bond acceptors (Lipinski definition) is 7. The number of aromatic nitrogens is 2. The molecule has 0 saturated carbocycles. The van der Waals surface area contributed by atoms with Gasteiger partial charge < -0.3 is 20.9 Å². The van der Waals surface area contributed by atoms with Crippen LogP contribution in [0.2, 0.25) is 0 Å². The first-order valence-corrected chi connectivity index (χ1v) is 8.39. The van der Waals surface area contributed by atoms with Gasteiger partial charge in [0.25, 0.3) is 0 Å². The minimum absolute atomic E-state index is 0.0970. The highest BCUT2D eigenvalue weighted by atomic mass is 127. The molecule has 1 aromatic heterocycles. The van der Waals surface area contributed by atoms with E-state index in [9.17, 15) is 0 Å². The summed E-state index contributed by atoms with van der Waals surface area (Å²) >= 11 is 2.16. The third-order valence-electron chi connectivity index (χ3n) is 3.18. The lowest BCUT2D eigenvalue weighted by molar-refractivity contribution is 0.323. The molecule has 2 rings (SSSR count). The lowest BCUT2D eigenvalue weighted by Crippen LogP contribution is -2.04. The monoisotopic (exact) mass is 439 g/mol. The molecule has 2 aromatic rings. The van der Waals surface area contributed by atoms with Gasteiger partial charge in [-0.1, -0.05) is 13.8 Å². The average Bonchev–Trinajstić information content (AvgIpc) is 2.52. The van der Waals surface area contributed by atoms with Crippen LogP contribution in [0.25, 0.3) is 0 Å². The van der Waals surface area contributed by atoms with E-state index in [0.29, 0.717) is 24.5 Å². The molecule has 8 heteroatoms. The molecular formula is C16H18IN5O2. The van der Waals surface area contributed by atoms with Crippen molar-refractivity contribution in [1.29, 1.82) is 5.26 Å². The summed E-state index contributed by atoms with van der Waals surface area (Å²) in [5.74, 6) is 2.21. The average molecular weight is 439 g/mol. The second-order valence-electron chi connectivity index (χ2n) is 5.31. The van der Waals surface area contributed by atoms with Gasteiger partial charge in [0, 0.05) is 5.56 Å². The first kappa shape index (κ1) is 18.1. The highest BCUT2D eigenvalue weighted by Gasteiger charge is 2.16. The molecule has 0 saturated heterocycles. The normalized spacial score (nSPS) is 10.5. The quantitative estimate of drug-likeness (QED) is 0.523. The van der Waals surface area contributed by atoms with E-state index in [-0.39, 0.29) is 17.7 Å². The molecule has 0 unspecified atom stereocenters. The van der Waals surface area contributed by atoms with Crippen LogP contribution in [-0.4, -0.2) is 16.6 Å². The number of nitrogen functional groups attached to an aromatic ring is 2. The second kappa shape index (κ2) is 8.01. The maximum atomic E-state index is 8.63. The number of benzene rings is 1. The van der Waals surface area contributed by atoms with Gasteiger partial charge in [0.2, 0.25) is 5.95 Å². The summed E-state index contributed by atoms with van der Waals surface area (Å²) in [6.45, 7) is 4.46. The Morgan fingerprint density at radius 1 is 1.25 bits per heavy atom. The van der Waals surface area contributed by atoms with Gasteiger partial charge in [-0.25, -0.2) is 4.98 Å². The number of hydrogen-bond donors (Lipinski definition) is 2. The largest absolute Gasteiger partial charge is 0.491 e. The Bertz CT molecular complexity index is 774. The topological polar surface area (TPSA) is 120 Å². The third-order valence-corrected chi connectivity index (χ3v) is 4.02. The number of ether oxygens (including phenoxy) is 2. The first-order chi connectivity index (χ1) is 11.4. The van der Waals surface area contributed by atoms with Crippen LogP contribution >= 0.6 is 22.6 Å². The summed E-state index contributed by atoms with van der Waals surface area (Å²) < 4.78 is 12.4. The molecule has 0 amide bonds. The zero-order valence-electron chi connectivity index (χ0n) is 13.4. The lowest BCUT2D eigenvalue weighted by atomic mass is 10.0. The van der Waals surface area contributed by atoms with Crippen LogP contribution in [0.4, 0.5) is 11.8 Å². The van der Waals surface area contributed by atoms with E-state index < -0.39 is 0 Å². The third kappa shape index (κ3) is 4.38. The highest BCUT2D eigenvalue weighted by Crippen LogP contribution is 2.37. The van der Waals surface area contributed by atoms with Crippen LogP contribution in [0.1, 0.15) is 31.7 Å². The van der Waals surface area contributed by atoms with Crippen LogP contribution in [-0.2, 0) is 0 Å². The molecule has 1 heterocycles. The summed E-state index contributed by atoms with van der Waals surface area (Å²) in [6.07, 6.45) is 1.79. The summed E-state index contributed by atoms with van der Waals surface area (Å²) in [4.78, 5) is 7.80. The Kier molecular flexibility index (Phi) is 6.03. The zero-order chi connectivity index (χ0) is 17.7. The Balaban J connectivity index is 2.35. The van der Waals surface area contributed by atoms with Crippen molar-refractivity contribution in [2.45, 2.75) is 26.2 Å². The molecule has 1 aromatic carbocycles. The standard InChI is InChI=1S/C16H18IN5O2/c1-9(2)10-6-13(23-5-3-4-18)11(17)7-12(10)24-14-8-21-16(20)22-15(14)19/h6-9H,3,5H2,1-2H3,(H4,19,20,21,22). The van der Waals surface area contributed by atoms with E-state index in [1.807, 2.05) is 12.1 Å². The van der Waals surface area contributed by atoms with Crippen molar-refractivity contribution in [1.82, 2.24) is 9.97 Å². The van der Waals surface area contributed by atoms with E-state index in [1.165, 1.54) is 6.20 Å². The minimum Gasteiger partial charge on any atom is -0.491 e. The molecule has 7 nitrogen and oxygen atoms in total. The van der Waals surface area contributed by atoms with Crippen molar-refractivity contribution in [3.63, 3.8) is 0 Å². The summed E-state index contributed by atoms with van der Waals surface area (Å²) in [7, 11) is 0. The second-order valence-corrected chi connectivity index (χ2v) is 6.47. The molecule has 0 spiro atoms. The molecule has 4 N–H and O–H groups in total. The molecule has 0 fully saturated rings. The van der Waals surface area contributed by atoms with Gasteiger partial charge in [-0.2, -0.15) is 10.2 Å². The van der Waals surface area contributed by atoms with Crippen molar-refractivity contribution in [3.8, 4) is 23.3 Å². The van der Waals surface area contributed by atoms with Crippen molar-refractivity contribution >= 4 is 34.4 Å². The SMILES string of the molecule is CC(C)c1cc(OCCC#N)c(I)cc1Oc1cnc(N)nc1N. The van der Waals surface area contributed by atoms with E-state index in [1.54, 1.807) is 0 Å². The summed E-state index contributed by atoms with van der Waals surface area (Å²) in [6, 6.07) is 5.85. The van der Waals surface area contributed by atoms with Crippen LogP contribution in [0, 0.1) is 14.9 Å². The number of halogens is 1. The molecule has 0 bridgehead atoms. The highest BCUT2D eigenvalue weighted by molar-refractivity contribution is 14.1. The van der Waals surface area contributed by atoms with E-state index in [4.69, 9.17) is 26.2 Å². The predicted molar refractivity (Wildman–Crippen MR) is 99.9 cm³/mol. The lowest BCUT2D eigenvalue weighted by Gasteiger charge is -2.17. The maximum Gasteiger partial charge on any atom is 0.222 e. The van der Waals surface area contributed by atoms with Gasteiger partial charge >= 0.3 is 0 Å². The maximum absolute atomic E-state index is 8.63. The fourth-order valence-electron chi connectivity index (χ4n) is 2.00. The van der Waals surface area contributed by atoms with Crippen molar-refractivity contribution in [2.75, 3.05) is 18.1 Å². The number of nitrogens with two attached hydrogens (primary N) is 2. The Morgan fingerprint density at radius 3 is 2.62 bits per heavy atom. The fraction of sp³-hybridized carbons (Fsp3) is 0.312. The molecule has 126 valence electrons. The Labute approximate surface area is 154 Å². The Morgan fingerprint density at radius 2 is 2.00 bits per heavy atom. The van der Waals surface area contributed by atoms with Crippen molar-refractivity contribution in [3.05, 3.63) is 27.5 Å².